The molecule has 0 saturated heterocycles. The Kier molecular flexibility index (Phi) is 8.26. The first-order valence-corrected chi connectivity index (χ1v) is 11.8. The molecule has 1 unspecified atom stereocenters. The van der Waals surface area contributed by atoms with Gasteiger partial charge in [-0.2, -0.15) is 0 Å². The Balaban J connectivity index is 1.93. The number of esters is 1. The zero-order valence-electron chi connectivity index (χ0n) is 20.7. The molecule has 180 valence electrons. The number of amides is 2. The molecule has 1 heterocycles. The maximum Gasteiger partial charge on any atom is 0.336 e. The molecule has 1 N–H and O–H groups in total. The zero-order chi connectivity index (χ0) is 24.8. The minimum atomic E-state index is -0.397. The zero-order valence-corrected chi connectivity index (χ0v) is 20.7. The maximum absolute atomic E-state index is 13.3. The molecule has 0 saturated carbocycles. The van der Waals surface area contributed by atoms with E-state index in [1.54, 1.807) is 30.9 Å². The summed E-state index contributed by atoms with van der Waals surface area (Å²) in [5.41, 5.74) is 4.48. The summed E-state index contributed by atoms with van der Waals surface area (Å²) in [6, 6.07) is 15.2. The number of carbonyl (C=O) groups excluding carboxylic acids is 3. The van der Waals surface area contributed by atoms with Gasteiger partial charge in [-0.25, -0.2) is 4.79 Å². The normalized spacial score (nSPS) is 16.1. The number of nitrogens with zero attached hydrogens (tertiary/aromatic N) is 1. The lowest BCUT2D eigenvalue weighted by molar-refractivity contribution is -0.140. The highest BCUT2D eigenvalue weighted by Gasteiger charge is 2.37. The van der Waals surface area contributed by atoms with E-state index in [1.165, 1.54) is 0 Å². The van der Waals surface area contributed by atoms with Crippen molar-refractivity contribution in [2.24, 2.45) is 5.92 Å². The maximum atomic E-state index is 13.3. The van der Waals surface area contributed by atoms with Crippen LogP contribution in [0.25, 0.3) is 0 Å². The van der Waals surface area contributed by atoms with E-state index in [2.05, 4.69) is 5.32 Å². The van der Waals surface area contributed by atoms with Gasteiger partial charge in [-0.05, 0) is 49.9 Å². The molecule has 0 aliphatic carbocycles. The topological polar surface area (TPSA) is 75.7 Å². The Morgan fingerprint density at radius 1 is 1.12 bits per heavy atom. The molecule has 2 amide bonds. The van der Waals surface area contributed by atoms with Gasteiger partial charge in [-0.15, -0.1) is 0 Å². The van der Waals surface area contributed by atoms with E-state index in [1.807, 2.05) is 57.2 Å². The van der Waals surface area contributed by atoms with Crippen molar-refractivity contribution in [2.75, 3.05) is 13.2 Å². The van der Waals surface area contributed by atoms with E-state index < -0.39 is 5.97 Å². The van der Waals surface area contributed by atoms with Crippen LogP contribution in [0.15, 0.2) is 59.8 Å². The van der Waals surface area contributed by atoms with Crippen LogP contribution >= 0.6 is 0 Å². The fourth-order valence-corrected chi connectivity index (χ4v) is 4.24. The molecule has 3 rings (SSSR count). The fraction of sp³-hybridized carbons (Fsp3) is 0.393. The van der Waals surface area contributed by atoms with Crippen LogP contribution in [0.2, 0.25) is 0 Å². The van der Waals surface area contributed by atoms with Crippen molar-refractivity contribution >= 4 is 17.8 Å². The van der Waals surface area contributed by atoms with E-state index in [4.69, 9.17) is 4.74 Å². The van der Waals surface area contributed by atoms with Gasteiger partial charge in [0.05, 0.1) is 18.7 Å². The lowest BCUT2D eigenvalue weighted by Gasteiger charge is -2.34. The largest absolute Gasteiger partial charge is 0.463 e. The van der Waals surface area contributed by atoms with E-state index in [9.17, 15) is 14.4 Å². The van der Waals surface area contributed by atoms with Gasteiger partial charge in [0.2, 0.25) is 5.91 Å². The molecule has 6 nitrogen and oxygen atoms in total. The molecule has 2 aromatic carbocycles. The van der Waals surface area contributed by atoms with Crippen molar-refractivity contribution in [3.63, 3.8) is 0 Å². The van der Waals surface area contributed by atoms with Crippen molar-refractivity contribution in [2.45, 2.75) is 53.5 Å². The van der Waals surface area contributed by atoms with Gasteiger partial charge < -0.3 is 15.0 Å². The second-order valence-corrected chi connectivity index (χ2v) is 9.17. The lowest BCUT2D eigenvalue weighted by atomic mass is 9.83. The summed E-state index contributed by atoms with van der Waals surface area (Å²) >= 11 is 0. The van der Waals surface area contributed by atoms with Crippen molar-refractivity contribution in [1.82, 2.24) is 10.2 Å². The fourth-order valence-electron chi connectivity index (χ4n) is 4.24. The van der Waals surface area contributed by atoms with Gasteiger partial charge in [0.1, 0.15) is 0 Å². The van der Waals surface area contributed by atoms with Crippen LogP contribution in [-0.2, 0) is 20.9 Å². The van der Waals surface area contributed by atoms with Gasteiger partial charge in [0.15, 0.2) is 0 Å². The lowest BCUT2D eigenvalue weighted by Crippen LogP contribution is -2.38. The molecule has 0 radical (unpaired) electrons. The van der Waals surface area contributed by atoms with Gasteiger partial charge in [0, 0.05) is 30.1 Å². The summed E-state index contributed by atoms with van der Waals surface area (Å²) in [6.07, 6.45) is 0.184. The Bertz CT molecular complexity index is 1100. The molecule has 34 heavy (non-hydrogen) atoms. The van der Waals surface area contributed by atoms with Gasteiger partial charge >= 0.3 is 5.97 Å². The Morgan fingerprint density at radius 3 is 2.53 bits per heavy atom. The number of benzene rings is 2. The number of nitrogens with one attached hydrogen (secondary N) is 1. The summed E-state index contributed by atoms with van der Waals surface area (Å²) in [4.78, 5) is 40.4. The smallest absolute Gasteiger partial charge is 0.336 e. The molecule has 0 fully saturated rings. The first-order chi connectivity index (χ1) is 16.2. The molecule has 1 aliphatic heterocycles. The summed E-state index contributed by atoms with van der Waals surface area (Å²) in [5.74, 6) is -0.596. The predicted octanol–water partition coefficient (Wildman–Crippen LogP) is 4.73. The van der Waals surface area contributed by atoms with Crippen LogP contribution in [0.5, 0.6) is 0 Å². The highest BCUT2D eigenvalue weighted by atomic mass is 16.5. The number of carbonyl (C=O) groups is 3. The highest BCUT2D eigenvalue weighted by molar-refractivity contribution is 5.96. The second kappa shape index (κ2) is 11.1. The molecule has 0 bridgehead atoms. The standard InChI is InChI=1S/C28H34N2O4/c1-6-34-28(33)26-20(5)30(25(31)15-24(26)22-11-7-9-19(4)13-22)17-21-10-8-12-23(14-21)27(32)29-16-18(2)3/h7-14,18,24H,6,15-17H2,1-5H3,(H,29,32). The van der Waals surface area contributed by atoms with Crippen molar-refractivity contribution in [3.8, 4) is 0 Å². The highest BCUT2D eigenvalue weighted by Crippen LogP contribution is 2.38. The van der Waals surface area contributed by atoms with Crippen LogP contribution < -0.4 is 5.32 Å². The van der Waals surface area contributed by atoms with E-state index in [-0.39, 0.29) is 37.3 Å². The third-order valence-electron chi connectivity index (χ3n) is 5.96. The summed E-state index contributed by atoms with van der Waals surface area (Å²) in [5, 5.41) is 2.92. The second-order valence-electron chi connectivity index (χ2n) is 9.17. The summed E-state index contributed by atoms with van der Waals surface area (Å²) in [7, 11) is 0. The number of ether oxygens (including phenoxy) is 1. The average molecular weight is 463 g/mol. The first-order valence-electron chi connectivity index (χ1n) is 11.8. The Labute approximate surface area is 202 Å². The number of hydrogen-bond donors (Lipinski definition) is 1. The molecule has 0 aromatic heterocycles. The summed E-state index contributed by atoms with van der Waals surface area (Å²) < 4.78 is 5.38. The van der Waals surface area contributed by atoms with Crippen LogP contribution in [0.1, 0.15) is 67.1 Å². The third-order valence-corrected chi connectivity index (χ3v) is 5.96. The molecule has 1 aliphatic rings. The van der Waals surface area contributed by atoms with Crippen LogP contribution in [0.4, 0.5) is 0 Å². The Hall–Kier alpha value is -3.41. The molecular weight excluding hydrogens is 428 g/mol. The predicted molar refractivity (Wildman–Crippen MR) is 132 cm³/mol. The third kappa shape index (κ3) is 5.93. The van der Waals surface area contributed by atoms with E-state index >= 15 is 0 Å². The number of rotatable bonds is 8. The van der Waals surface area contributed by atoms with Crippen molar-refractivity contribution in [3.05, 3.63) is 82.1 Å². The molecule has 1 atom stereocenters. The number of hydrogen-bond acceptors (Lipinski definition) is 4. The molecule has 2 aromatic rings. The minimum Gasteiger partial charge on any atom is -0.463 e. The van der Waals surface area contributed by atoms with Crippen molar-refractivity contribution < 1.29 is 19.1 Å². The van der Waals surface area contributed by atoms with Crippen molar-refractivity contribution in [1.29, 1.82) is 0 Å². The van der Waals surface area contributed by atoms with Gasteiger partial charge in [0.25, 0.3) is 5.91 Å². The van der Waals surface area contributed by atoms with Crippen LogP contribution in [0.3, 0.4) is 0 Å². The number of allylic oxidation sites excluding steroid dienone is 1. The quantitative estimate of drug-likeness (QED) is 0.575. The molecule has 0 spiro atoms. The van der Waals surface area contributed by atoms with Crippen LogP contribution in [0, 0.1) is 12.8 Å². The van der Waals surface area contributed by atoms with E-state index in [0.29, 0.717) is 29.3 Å². The molecule has 6 heteroatoms. The molecular formula is C28H34N2O4. The van der Waals surface area contributed by atoms with Gasteiger partial charge in [-0.1, -0.05) is 55.8 Å². The SMILES string of the molecule is CCOC(=O)C1=C(C)N(Cc2cccc(C(=O)NCC(C)C)c2)C(=O)CC1c1cccc(C)c1. The van der Waals surface area contributed by atoms with Crippen LogP contribution in [-0.4, -0.2) is 35.8 Å². The number of aryl methyl sites for hydroxylation is 1. The summed E-state index contributed by atoms with van der Waals surface area (Å²) in [6.45, 7) is 10.8. The minimum absolute atomic E-state index is 0.0632. The monoisotopic (exact) mass is 462 g/mol. The first kappa shape index (κ1) is 25.2. The average Bonchev–Trinajstić information content (AvgIpc) is 2.80. The Morgan fingerprint density at radius 2 is 1.85 bits per heavy atom. The van der Waals surface area contributed by atoms with Gasteiger partial charge in [-0.3, -0.25) is 9.59 Å². The van der Waals surface area contributed by atoms with E-state index in [0.717, 1.165) is 16.7 Å².